The van der Waals surface area contributed by atoms with Gasteiger partial charge in [0, 0.05) is 18.4 Å². The Morgan fingerprint density at radius 3 is 2.77 bits per heavy atom. The molecule has 1 aliphatic heterocycles. The average molecular weight is 407 g/mol. The minimum atomic E-state index is -0.526. The Labute approximate surface area is 175 Å². The van der Waals surface area contributed by atoms with Crippen LogP contribution in [-0.4, -0.2) is 31.5 Å². The molecule has 1 amide bonds. The van der Waals surface area contributed by atoms with E-state index in [9.17, 15) is 9.59 Å². The molecule has 5 rings (SSSR count). The predicted octanol–water partition coefficient (Wildman–Crippen LogP) is 3.38. The molecule has 0 saturated heterocycles. The SMILES string of the molecule is COc1ccc(CNC(=O)[C@@H]2[C@@H]3CC[C@]4(CC(=O)c5ccccc5O4)[C@@H]32)cc1OC. The number of Topliss-reactive ketones (excluding diaryl/α,β-unsaturated/α-hetero) is 1. The van der Waals surface area contributed by atoms with Crippen molar-refractivity contribution in [3.63, 3.8) is 0 Å². The number of nitrogens with one attached hydrogen (secondary N) is 1. The Bertz CT molecular complexity index is 1020. The monoisotopic (exact) mass is 407 g/mol. The van der Waals surface area contributed by atoms with E-state index in [4.69, 9.17) is 14.2 Å². The molecule has 0 bridgehead atoms. The van der Waals surface area contributed by atoms with Crippen LogP contribution in [0.1, 0.15) is 35.2 Å². The summed E-state index contributed by atoms with van der Waals surface area (Å²) < 4.78 is 17.0. The summed E-state index contributed by atoms with van der Waals surface area (Å²) in [4.78, 5) is 25.6. The molecule has 2 aromatic carbocycles. The van der Waals surface area contributed by atoms with Gasteiger partial charge in [-0.2, -0.15) is 0 Å². The number of para-hydroxylation sites is 1. The Morgan fingerprint density at radius 1 is 1.17 bits per heavy atom. The summed E-state index contributed by atoms with van der Waals surface area (Å²) in [5.74, 6) is 2.43. The van der Waals surface area contributed by atoms with Gasteiger partial charge in [0.05, 0.1) is 26.2 Å². The van der Waals surface area contributed by atoms with Crippen LogP contribution in [0.25, 0.3) is 0 Å². The predicted molar refractivity (Wildman–Crippen MR) is 110 cm³/mol. The maximum absolute atomic E-state index is 12.9. The molecule has 0 aromatic heterocycles. The third kappa shape index (κ3) is 2.93. The Kier molecular flexibility index (Phi) is 4.45. The lowest BCUT2D eigenvalue weighted by atomic mass is 9.84. The normalized spacial score (nSPS) is 28.3. The molecular weight excluding hydrogens is 382 g/mol. The molecule has 156 valence electrons. The molecule has 6 heteroatoms. The van der Waals surface area contributed by atoms with Crippen molar-refractivity contribution in [3.8, 4) is 17.2 Å². The highest BCUT2D eigenvalue weighted by molar-refractivity contribution is 6.00. The first-order chi connectivity index (χ1) is 14.6. The van der Waals surface area contributed by atoms with Crippen LogP contribution in [0.4, 0.5) is 0 Å². The molecule has 2 aliphatic carbocycles. The van der Waals surface area contributed by atoms with Gasteiger partial charge in [0.15, 0.2) is 17.3 Å². The number of carbonyl (C=O) groups excluding carboxylic acids is 2. The average Bonchev–Trinajstić information content (AvgIpc) is 3.42. The Hall–Kier alpha value is -3.02. The molecule has 0 radical (unpaired) electrons. The standard InChI is InChI=1S/C24H25NO5/c1-28-19-8-7-14(11-20(19)29-2)13-25-23(27)21-16-9-10-24(22(16)21)12-17(26)15-5-3-4-6-18(15)30-24/h3-8,11,16,21-22H,9-10,12-13H2,1-2H3,(H,25,27)/t16-,21+,22-,24-/m0/s1. The minimum absolute atomic E-state index is 0.0359. The van der Waals surface area contributed by atoms with Gasteiger partial charge >= 0.3 is 0 Å². The highest BCUT2D eigenvalue weighted by atomic mass is 16.5. The van der Waals surface area contributed by atoms with Gasteiger partial charge in [-0.3, -0.25) is 9.59 Å². The van der Waals surface area contributed by atoms with Crippen molar-refractivity contribution in [1.29, 1.82) is 0 Å². The van der Waals surface area contributed by atoms with Crippen LogP contribution in [0.2, 0.25) is 0 Å². The number of amides is 1. The lowest BCUT2D eigenvalue weighted by Gasteiger charge is -2.37. The van der Waals surface area contributed by atoms with E-state index in [2.05, 4.69) is 5.32 Å². The number of methoxy groups -OCH3 is 2. The zero-order valence-corrected chi connectivity index (χ0v) is 17.1. The van der Waals surface area contributed by atoms with Crippen LogP contribution in [0.15, 0.2) is 42.5 Å². The molecule has 30 heavy (non-hydrogen) atoms. The second kappa shape index (κ2) is 7.04. The van der Waals surface area contributed by atoms with E-state index in [1.165, 1.54) is 0 Å². The lowest BCUT2D eigenvalue weighted by Crippen LogP contribution is -2.44. The van der Waals surface area contributed by atoms with Crippen molar-refractivity contribution in [1.82, 2.24) is 5.32 Å². The third-order valence-corrected chi connectivity index (χ3v) is 6.85. The van der Waals surface area contributed by atoms with E-state index in [0.717, 1.165) is 18.4 Å². The number of rotatable bonds is 5. The highest BCUT2D eigenvalue weighted by Gasteiger charge is 2.70. The number of ether oxygens (including phenoxy) is 3. The van der Waals surface area contributed by atoms with Crippen LogP contribution in [0, 0.1) is 17.8 Å². The fraction of sp³-hybridized carbons (Fsp3) is 0.417. The number of ketones is 1. The van der Waals surface area contributed by atoms with Crippen molar-refractivity contribution in [2.24, 2.45) is 17.8 Å². The smallest absolute Gasteiger partial charge is 0.224 e. The third-order valence-electron chi connectivity index (χ3n) is 6.85. The van der Waals surface area contributed by atoms with E-state index in [-0.39, 0.29) is 23.5 Å². The largest absolute Gasteiger partial charge is 0.493 e. The summed E-state index contributed by atoms with van der Waals surface area (Å²) in [6.07, 6.45) is 2.13. The van der Waals surface area contributed by atoms with Crippen molar-refractivity contribution in [3.05, 3.63) is 53.6 Å². The number of carbonyl (C=O) groups is 2. The lowest BCUT2D eigenvalue weighted by molar-refractivity contribution is -0.124. The zero-order chi connectivity index (χ0) is 20.9. The van der Waals surface area contributed by atoms with Crippen molar-refractivity contribution >= 4 is 11.7 Å². The molecule has 2 fully saturated rings. The molecule has 1 spiro atoms. The zero-order valence-electron chi connectivity index (χ0n) is 17.1. The van der Waals surface area contributed by atoms with Crippen molar-refractivity contribution < 1.29 is 23.8 Å². The summed E-state index contributed by atoms with van der Waals surface area (Å²) in [5, 5.41) is 3.05. The fourth-order valence-corrected chi connectivity index (χ4v) is 5.42. The van der Waals surface area contributed by atoms with Crippen LogP contribution >= 0.6 is 0 Å². The van der Waals surface area contributed by atoms with E-state index < -0.39 is 5.60 Å². The van der Waals surface area contributed by atoms with Crippen LogP contribution in [-0.2, 0) is 11.3 Å². The van der Waals surface area contributed by atoms with E-state index >= 15 is 0 Å². The Morgan fingerprint density at radius 2 is 1.97 bits per heavy atom. The van der Waals surface area contributed by atoms with Gasteiger partial charge in [0.2, 0.25) is 5.91 Å². The quantitative estimate of drug-likeness (QED) is 0.823. The van der Waals surface area contributed by atoms with Crippen LogP contribution < -0.4 is 19.5 Å². The van der Waals surface area contributed by atoms with E-state index in [0.29, 0.717) is 41.7 Å². The van der Waals surface area contributed by atoms with Crippen LogP contribution in [0.5, 0.6) is 17.2 Å². The second-order valence-electron chi connectivity index (χ2n) is 8.42. The Balaban J connectivity index is 1.27. The maximum Gasteiger partial charge on any atom is 0.224 e. The summed E-state index contributed by atoms with van der Waals surface area (Å²) >= 11 is 0. The summed E-state index contributed by atoms with van der Waals surface area (Å²) in [5.41, 5.74) is 1.07. The van der Waals surface area contributed by atoms with Gasteiger partial charge in [0.1, 0.15) is 11.4 Å². The van der Waals surface area contributed by atoms with Gasteiger partial charge in [0.25, 0.3) is 0 Å². The molecular formula is C24H25NO5. The van der Waals surface area contributed by atoms with Crippen molar-refractivity contribution in [2.75, 3.05) is 14.2 Å². The molecule has 1 heterocycles. The van der Waals surface area contributed by atoms with Crippen molar-refractivity contribution in [2.45, 2.75) is 31.4 Å². The maximum atomic E-state index is 12.9. The topological polar surface area (TPSA) is 73.9 Å². The van der Waals surface area contributed by atoms with E-state index in [1.807, 2.05) is 42.5 Å². The number of hydrogen-bond donors (Lipinski definition) is 1. The van der Waals surface area contributed by atoms with Gasteiger partial charge in [-0.05, 0) is 48.6 Å². The van der Waals surface area contributed by atoms with E-state index in [1.54, 1.807) is 14.2 Å². The minimum Gasteiger partial charge on any atom is -0.493 e. The molecule has 1 N–H and O–H groups in total. The number of benzene rings is 2. The highest BCUT2D eigenvalue weighted by Crippen LogP contribution is 2.65. The number of fused-ring (bicyclic) bond motifs is 3. The first-order valence-electron chi connectivity index (χ1n) is 10.4. The number of hydrogen-bond acceptors (Lipinski definition) is 5. The molecule has 3 aliphatic rings. The fourth-order valence-electron chi connectivity index (χ4n) is 5.42. The first kappa shape index (κ1) is 19.0. The molecule has 2 saturated carbocycles. The first-order valence-corrected chi connectivity index (χ1v) is 10.4. The molecule has 0 unspecified atom stereocenters. The van der Waals surface area contributed by atoms with Gasteiger partial charge in [-0.25, -0.2) is 0 Å². The molecule has 4 atom stereocenters. The second-order valence-corrected chi connectivity index (χ2v) is 8.42. The van der Waals surface area contributed by atoms with Gasteiger partial charge < -0.3 is 19.5 Å². The summed E-state index contributed by atoms with van der Waals surface area (Å²) in [7, 11) is 3.19. The van der Waals surface area contributed by atoms with Gasteiger partial charge in [-0.1, -0.05) is 18.2 Å². The summed E-state index contributed by atoms with van der Waals surface area (Å²) in [6, 6.07) is 13.0. The molecule has 6 nitrogen and oxygen atoms in total. The van der Waals surface area contributed by atoms with Gasteiger partial charge in [-0.15, -0.1) is 0 Å². The summed E-state index contributed by atoms with van der Waals surface area (Å²) in [6.45, 7) is 0.421. The molecule has 2 aromatic rings. The van der Waals surface area contributed by atoms with Crippen LogP contribution in [0.3, 0.4) is 0 Å².